The van der Waals surface area contributed by atoms with E-state index < -0.39 is 12.6 Å². The molecule has 1 rings (SSSR count). The van der Waals surface area contributed by atoms with Crippen molar-refractivity contribution in [3.63, 3.8) is 0 Å². The van der Waals surface area contributed by atoms with Gasteiger partial charge in [0.25, 0.3) is 0 Å². The predicted octanol–water partition coefficient (Wildman–Crippen LogP) is -0.0142. The highest BCUT2D eigenvalue weighted by atomic mass is 16.7. The minimum absolute atomic E-state index is 0.375. The van der Waals surface area contributed by atoms with Crippen LogP contribution in [0.2, 0.25) is 0 Å². The van der Waals surface area contributed by atoms with Gasteiger partial charge in [0, 0.05) is 32.7 Å². The first kappa shape index (κ1) is 14.7. The summed E-state index contributed by atoms with van der Waals surface area (Å²) < 4.78 is 0. The second-order valence-corrected chi connectivity index (χ2v) is 4.77. The Morgan fingerprint density at radius 2 is 1.89 bits per heavy atom. The van der Waals surface area contributed by atoms with Crippen molar-refractivity contribution >= 4 is 12.0 Å². The minimum Gasteiger partial charge on any atom is -0.479 e. The molecule has 1 fully saturated rings. The highest BCUT2D eigenvalue weighted by molar-refractivity contribution is 5.73. The van der Waals surface area contributed by atoms with Crippen LogP contribution >= 0.6 is 0 Å². The number of carbonyl (C=O) groups excluding carboxylic acids is 1. The molecule has 1 aliphatic heterocycles. The molecule has 1 saturated heterocycles. The van der Waals surface area contributed by atoms with Crippen molar-refractivity contribution in [1.82, 2.24) is 15.3 Å². The molecule has 0 radical (unpaired) electrons. The quantitative estimate of drug-likeness (QED) is 0.678. The van der Waals surface area contributed by atoms with E-state index >= 15 is 0 Å². The molecule has 2 N–H and O–H groups in total. The van der Waals surface area contributed by atoms with E-state index in [1.54, 1.807) is 4.90 Å². The van der Waals surface area contributed by atoms with Crippen LogP contribution in [0.25, 0.3) is 0 Å². The molecule has 0 aromatic heterocycles. The lowest BCUT2D eigenvalue weighted by Gasteiger charge is -2.35. The Balaban J connectivity index is 2.21. The number of carbonyl (C=O) groups is 2. The number of nitrogens with one attached hydrogen (secondary N) is 1. The van der Waals surface area contributed by atoms with Crippen LogP contribution in [0.5, 0.6) is 0 Å². The summed E-state index contributed by atoms with van der Waals surface area (Å²) in [6.07, 6.45) is 0. The molecule has 0 aromatic rings. The van der Waals surface area contributed by atoms with Crippen LogP contribution < -0.4 is 5.48 Å². The summed E-state index contributed by atoms with van der Waals surface area (Å²) >= 11 is 0. The Morgan fingerprint density at radius 3 is 2.39 bits per heavy atom. The van der Waals surface area contributed by atoms with E-state index in [1.165, 1.54) is 0 Å². The summed E-state index contributed by atoms with van der Waals surface area (Å²) in [7, 11) is 0. The molecule has 18 heavy (non-hydrogen) atoms. The van der Waals surface area contributed by atoms with Crippen molar-refractivity contribution in [1.29, 1.82) is 0 Å². The Hall–Kier alpha value is -1.34. The smallest absolute Gasteiger partial charge is 0.341 e. The summed E-state index contributed by atoms with van der Waals surface area (Å²) in [6, 6.07) is -0.375. The molecule has 0 saturated carbocycles. The highest BCUT2D eigenvalue weighted by Gasteiger charge is 2.21. The fourth-order valence-corrected chi connectivity index (χ4v) is 1.87. The standard InChI is InChI=1S/C11H21N3O4/c1-9(2)7-13-3-5-14(6-4-13)11(17)12-18-8-10(15)16/h9H,3-8H2,1-2H3,(H,12,17)(H,15,16). The zero-order chi connectivity index (χ0) is 13.5. The van der Waals surface area contributed by atoms with Gasteiger partial charge in [0.05, 0.1) is 0 Å². The van der Waals surface area contributed by atoms with Crippen LogP contribution in [-0.2, 0) is 9.63 Å². The lowest BCUT2D eigenvalue weighted by molar-refractivity contribution is -0.144. The van der Waals surface area contributed by atoms with Gasteiger partial charge in [-0.05, 0) is 5.92 Å². The van der Waals surface area contributed by atoms with Gasteiger partial charge in [-0.3, -0.25) is 9.74 Å². The number of carboxylic acid groups (broad SMARTS) is 1. The molecule has 0 bridgehead atoms. The lowest BCUT2D eigenvalue weighted by atomic mass is 10.2. The van der Waals surface area contributed by atoms with E-state index in [0.717, 1.165) is 19.6 Å². The molecular formula is C11H21N3O4. The number of urea groups is 1. The van der Waals surface area contributed by atoms with Gasteiger partial charge in [0.1, 0.15) is 0 Å². The molecule has 1 aliphatic rings. The molecule has 2 amide bonds. The average Bonchev–Trinajstić information content (AvgIpc) is 2.28. The van der Waals surface area contributed by atoms with Gasteiger partial charge >= 0.3 is 12.0 Å². The number of amides is 2. The van der Waals surface area contributed by atoms with E-state index in [9.17, 15) is 9.59 Å². The number of hydrogen-bond acceptors (Lipinski definition) is 4. The first-order valence-electron chi connectivity index (χ1n) is 6.10. The second kappa shape index (κ2) is 7.17. The molecule has 0 atom stereocenters. The third-order valence-electron chi connectivity index (χ3n) is 2.64. The Kier molecular flexibility index (Phi) is 5.87. The summed E-state index contributed by atoms with van der Waals surface area (Å²) in [5.41, 5.74) is 2.13. The van der Waals surface area contributed by atoms with Crippen LogP contribution in [0.15, 0.2) is 0 Å². The van der Waals surface area contributed by atoms with E-state index in [4.69, 9.17) is 5.11 Å². The molecule has 0 spiro atoms. The highest BCUT2D eigenvalue weighted by Crippen LogP contribution is 2.05. The maximum absolute atomic E-state index is 11.6. The number of hydroxylamine groups is 1. The third kappa shape index (κ3) is 5.33. The molecule has 104 valence electrons. The minimum atomic E-state index is -1.11. The van der Waals surface area contributed by atoms with Gasteiger partial charge in [-0.1, -0.05) is 13.8 Å². The third-order valence-corrected chi connectivity index (χ3v) is 2.64. The molecule has 7 nitrogen and oxygen atoms in total. The summed E-state index contributed by atoms with van der Waals surface area (Å²) in [5.74, 6) is -0.499. The van der Waals surface area contributed by atoms with Crippen molar-refractivity contribution in [3.8, 4) is 0 Å². The van der Waals surface area contributed by atoms with Crippen molar-refractivity contribution in [2.45, 2.75) is 13.8 Å². The Labute approximate surface area is 107 Å². The Bertz CT molecular complexity index is 288. The first-order valence-corrected chi connectivity index (χ1v) is 6.10. The van der Waals surface area contributed by atoms with Crippen molar-refractivity contribution in [3.05, 3.63) is 0 Å². The first-order chi connectivity index (χ1) is 8.49. The zero-order valence-electron chi connectivity index (χ0n) is 10.9. The number of nitrogens with zero attached hydrogens (tertiary/aromatic N) is 2. The normalized spacial score (nSPS) is 16.9. The number of aliphatic carboxylic acids is 1. The van der Waals surface area contributed by atoms with Crippen molar-refractivity contribution in [2.75, 3.05) is 39.3 Å². The molecule has 0 unspecified atom stereocenters. The molecule has 0 aromatic carbocycles. The van der Waals surface area contributed by atoms with E-state index in [2.05, 4.69) is 29.1 Å². The average molecular weight is 259 g/mol. The van der Waals surface area contributed by atoms with Gasteiger partial charge in [0.2, 0.25) is 0 Å². The maximum atomic E-state index is 11.6. The second-order valence-electron chi connectivity index (χ2n) is 4.77. The number of hydrogen-bond donors (Lipinski definition) is 2. The fourth-order valence-electron chi connectivity index (χ4n) is 1.87. The van der Waals surface area contributed by atoms with E-state index in [0.29, 0.717) is 19.0 Å². The lowest BCUT2D eigenvalue weighted by Crippen LogP contribution is -2.52. The van der Waals surface area contributed by atoms with Gasteiger partial charge in [-0.25, -0.2) is 15.1 Å². The summed E-state index contributed by atoms with van der Waals surface area (Å²) in [6.45, 7) is 7.78. The molecule has 0 aliphatic carbocycles. The summed E-state index contributed by atoms with van der Waals surface area (Å²) in [4.78, 5) is 30.3. The van der Waals surface area contributed by atoms with E-state index in [-0.39, 0.29) is 6.03 Å². The molecule has 7 heteroatoms. The van der Waals surface area contributed by atoms with Crippen molar-refractivity contribution < 1.29 is 19.5 Å². The SMILES string of the molecule is CC(C)CN1CCN(C(=O)NOCC(=O)O)CC1. The number of carboxylic acids is 1. The monoisotopic (exact) mass is 259 g/mol. The van der Waals surface area contributed by atoms with E-state index in [1.807, 2.05) is 0 Å². The molecule has 1 heterocycles. The zero-order valence-corrected chi connectivity index (χ0v) is 10.9. The van der Waals surface area contributed by atoms with Crippen LogP contribution in [0, 0.1) is 5.92 Å². The van der Waals surface area contributed by atoms with Crippen molar-refractivity contribution in [2.24, 2.45) is 5.92 Å². The predicted molar refractivity (Wildman–Crippen MR) is 65.0 cm³/mol. The largest absolute Gasteiger partial charge is 0.479 e. The van der Waals surface area contributed by atoms with Gasteiger partial charge in [-0.2, -0.15) is 0 Å². The van der Waals surface area contributed by atoms with Gasteiger partial charge in [-0.15, -0.1) is 0 Å². The fraction of sp³-hybridized carbons (Fsp3) is 0.818. The van der Waals surface area contributed by atoms with Crippen LogP contribution in [0.1, 0.15) is 13.8 Å². The Morgan fingerprint density at radius 1 is 1.28 bits per heavy atom. The van der Waals surface area contributed by atoms with Gasteiger partial charge < -0.3 is 10.0 Å². The van der Waals surface area contributed by atoms with Gasteiger partial charge in [0.15, 0.2) is 6.61 Å². The summed E-state index contributed by atoms with van der Waals surface area (Å²) in [5, 5.41) is 8.36. The number of piperazine rings is 1. The maximum Gasteiger partial charge on any atom is 0.341 e. The molecular weight excluding hydrogens is 238 g/mol. The van der Waals surface area contributed by atoms with Crippen LogP contribution in [0.4, 0.5) is 4.79 Å². The van der Waals surface area contributed by atoms with Crippen LogP contribution in [0.3, 0.4) is 0 Å². The topological polar surface area (TPSA) is 82.1 Å². The van der Waals surface area contributed by atoms with Crippen LogP contribution in [-0.4, -0.2) is 66.2 Å². The number of rotatable bonds is 5.